The number of para-hydroxylation sites is 1. The Morgan fingerprint density at radius 2 is 1.95 bits per heavy atom. The number of urea groups is 1. The lowest BCUT2D eigenvalue weighted by Gasteiger charge is -2.22. The molecule has 5 heteroatoms. The molecule has 0 aliphatic carbocycles. The van der Waals surface area contributed by atoms with Gasteiger partial charge in [-0.3, -0.25) is 0 Å². The quantitative estimate of drug-likeness (QED) is 0.882. The van der Waals surface area contributed by atoms with Gasteiger partial charge in [-0.25, -0.2) is 4.79 Å². The van der Waals surface area contributed by atoms with Crippen LogP contribution in [0.5, 0.6) is 11.5 Å². The van der Waals surface area contributed by atoms with Crippen LogP contribution in [0.2, 0.25) is 0 Å². The minimum Gasteiger partial charge on any atom is -0.486 e. The summed E-state index contributed by atoms with van der Waals surface area (Å²) in [4.78, 5) is 11.9. The highest BCUT2D eigenvalue weighted by atomic mass is 16.6. The number of nitrogens with one attached hydrogen (secondary N) is 2. The fourth-order valence-corrected chi connectivity index (χ4v) is 1.70. The molecular weight excluding hydrogens is 244 g/mol. The molecule has 0 radical (unpaired) electrons. The molecule has 1 aromatic rings. The van der Waals surface area contributed by atoms with E-state index >= 15 is 0 Å². The van der Waals surface area contributed by atoms with E-state index in [1.54, 1.807) is 6.07 Å². The van der Waals surface area contributed by atoms with Gasteiger partial charge in [0.1, 0.15) is 13.2 Å². The Balaban J connectivity index is 2.05. The van der Waals surface area contributed by atoms with Crippen LogP contribution in [0, 0.1) is 5.92 Å². The summed E-state index contributed by atoms with van der Waals surface area (Å²) in [7, 11) is 0. The van der Waals surface area contributed by atoms with Gasteiger partial charge in [0.2, 0.25) is 0 Å². The summed E-state index contributed by atoms with van der Waals surface area (Å²) in [5.74, 6) is 1.65. The molecule has 0 aromatic heterocycles. The lowest BCUT2D eigenvalue weighted by atomic mass is 10.1. The number of amides is 2. The predicted molar refractivity (Wildman–Crippen MR) is 73.9 cm³/mol. The van der Waals surface area contributed by atoms with Gasteiger partial charge in [-0.05, 0) is 25.0 Å². The van der Waals surface area contributed by atoms with Crippen LogP contribution in [0.15, 0.2) is 18.2 Å². The van der Waals surface area contributed by atoms with E-state index in [1.807, 2.05) is 19.1 Å². The third kappa shape index (κ3) is 3.30. The molecule has 0 bridgehead atoms. The molecule has 1 unspecified atom stereocenters. The summed E-state index contributed by atoms with van der Waals surface area (Å²) in [6.07, 6.45) is 0. The van der Waals surface area contributed by atoms with Crippen LogP contribution in [0.1, 0.15) is 20.8 Å². The zero-order valence-corrected chi connectivity index (χ0v) is 11.5. The number of carbonyl (C=O) groups excluding carboxylic acids is 1. The second-order valence-electron chi connectivity index (χ2n) is 4.96. The number of ether oxygens (including phenoxy) is 2. The number of rotatable bonds is 3. The Bertz CT molecular complexity index is 460. The SMILES string of the molecule is CC(C)C(C)NC(=O)Nc1cccc2c1OCCO2. The van der Waals surface area contributed by atoms with Gasteiger partial charge in [-0.1, -0.05) is 19.9 Å². The second kappa shape index (κ2) is 5.82. The van der Waals surface area contributed by atoms with Crippen molar-refractivity contribution in [1.82, 2.24) is 5.32 Å². The number of anilines is 1. The molecule has 19 heavy (non-hydrogen) atoms. The van der Waals surface area contributed by atoms with E-state index in [-0.39, 0.29) is 12.1 Å². The molecule has 0 spiro atoms. The molecule has 2 rings (SSSR count). The molecule has 2 amide bonds. The Hall–Kier alpha value is -1.91. The fourth-order valence-electron chi connectivity index (χ4n) is 1.70. The zero-order valence-electron chi connectivity index (χ0n) is 11.5. The van der Waals surface area contributed by atoms with Crippen molar-refractivity contribution >= 4 is 11.7 Å². The number of fused-ring (bicyclic) bond motifs is 1. The monoisotopic (exact) mass is 264 g/mol. The van der Waals surface area contributed by atoms with Crippen LogP contribution in [-0.2, 0) is 0 Å². The first-order chi connectivity index (χ1) is 9.08. The van der Waals surface area contributed by atoms with Crippen LogP contribution < -0.4 is 20.1 Å². The van der Waals surface area contributed by atoms with Crippen molar-refractivity contribution in [2.24, 2.45) is 5.92 Å². The number of carbonyl (C=O) groups is 1. The van der Waals surface area contributed by atoms with Gasteiger partial charge in [-0.2, -0.15) is 0 Å². The van der Waals surface area contributed by atoms with Gasteiger partial charge in [0.15, 0.2) is 11.5 Å². The molecule has 1 atom stereocenters. The molecular formula is C14H20N2O3. The van der Waals surface area contributed by atoms with Crippen molar-refractivity contribution in [2.75, 3.05) is 18.5 Å². The minimum atomic E-state index is -0.233. The maximum atomic E-state index is 11.9. The van der Waals surface area contributed by atoms with Gasteiger partial charge in [0.25, 0.3) is 0 Å². The molecule has 1 aliphatic rings. The highest BCUT2D eigenvalue weighted by Crippen LogP contribution is 2.37. The standard InChI is InChI=1S/C14H20N2O3/c1-9(2)10(3)15-14(17)16-11-5-4-6-12-13(11)19-8-7-18-12/h4-6,9-10H,7-8H2,1-3H3,(H2,15,16,17). The summed E-state index contributed by atoms with van der Waals surface area (Å²) in [5.41, 5.74) is 0.630. The van der Waals surface area contributed by atoms with E-state index in [9.17, 15) is 4.79 Å². The van der Waals surface area contributed by atoms with Crippen molar-refractivity contribution in [3.8, 4) is 11.5 Å². The molecule has 5 nitrogen and oxygen atoms in total. The highest BCUT2D eigenvalue weighted by molar-refractivity contribution is 5.91. The first-order valence-corrected chi connectivity index (χ1v) is 6.54. The Kier molecular flexibility index (Phi) is 4.14. The molecule has 0 fully saturated rings. The summed E-state index contributed by atoms with van der Waals surface area (Å²) >= 11 is 0. The van der Waals surface area contributed by atoms with Crippen LogP contribution in [-0.4, -0.2) is 25.3 Å². The third-order valence-corrected chi connectivity index (χ3v) is 3.17. The lowest BCUT2D eigenvalue weighted by Crippen LogP contribution is -2.39. The van der Waals surface area contributed by atoms with Gasteiger partial charge in [0, 0.05) is 6.04 Å². The van der Waals surface area contributed by atoms with Crippen molar-refractivity contribution in [3.05, 3.63) is 18.2 Å². The van der Waals surface area contributed by atoms with Crippen molar-refractivity contribution in [3.63, 3.8) is 0 Å². The lowest BCUT2D eigenvalue weighted by molar-refractivity contribution is 0.172. The van der Waals surface area contributed by atoms with Gasteiger partial charge in [0.05, 0.1) is 5.69 Å². The molecule has 104 valence electrons. The van der Waals surface area contributed by atoms with Crippen molar-refractivity contribution in [1.29, 1.82) is 0 Å². The smallest absolute Gasteiger partial charge is 0.319 e. The van der Waals surface area contributed by atoms with E-state index in [0.717, 1.165) is 0 Å². The van der Waals surface area contributed by atoms with E-state index in [2.05, 4.69) is 24.5 Å². The zero-order chi connectivity index (χ0) is 13.8. The van der Waals surface area contributed by atoms with Crippen molar-refractivity contribution < 1.29 is 14.3 Å². The highest BCUT2D eigenvalue weighted by Gasteiger charge is 2.18. The van der Waals surface area contributed by atoms with Crippen LogP contribution in [0.4, 0.5) is 10.5 Å². The maximum absolute atomic E-state index is 11.9. The van der Waals surface area contributed by atoms with E-state index < -0.39 is 0 Å². The van der Waals surface area contributed by atoms with E-state index in [0.29, 0.717) is 36.3 Å². The third-order valence-electron chi connectivity index (χ3n) is 3.17. The summed E-state index contributed by atoms with van der Waals surface area (Å²) in [5, 5.41) is 5.69. The van der Waals surface area contributed by atoms with E-state index in [1.165, 1.54) is 0 Å². The molecule has 2 N–H and O–H groups in total. The Morgan fingerprint density at radius 1 is 1.21 bits per heavy atom. The summed E-state index contributed by atoms with van der Waals surface area (Å²) in [6, 6.07) is 5.33. The maximum Gasteiger partial charge on any atom is 0.319 e. The first kappa shape index (κ1) is 13.5. The Labute approximate surface area is 113 Å². The molecule has 0 saturated heterocycles. The second-order valence-corrected chi connectivity index (χ2v) is 4.96. The Morgan fingerprint density at radius 3 is 2.68 bits per heavy atom. The molecule has 1 heterocycles. The number of hydrogen-bond acceptors (Lipinski definition) is 3. The molecule has 0 saturated carbocycles. The number of benzene rings is 1. The summed E-state index contributed by atoms with van der Waals surface area (Å²) < 4.78 is 11.0. The summed E-state index contributed by atoms with van der Waals surface area (Å²) in [6.45, 7) is 7.13. The minimum absolute atomic E-state index is 0.108. The topological polar surface area (TPSA) is 59.6 Å². The van der Waals surface area contributed by atoms with E-state index in [4.69, 9.17) is 9.47 Å². The molecule has 1 aromatic carbocycles. The van der Waals surface area contributed by atoms with Crippen LogP contribution in [0.25, 0.3) is 0 Å². The van der Waals surface area contributed by atoms with Gasteiger partial charge < -0.3 is 20.1 Å². The molecule has 1 aliphatic heterocycles. The fraction of sp³-hybridized carbons (Fsp3) is 0.500. The van der Waals surface area contributed by atoms with Crippen molar-refractivity contribution in [2.45, 2.75) is 26.8 Å². The average Bonchev–Trinajstić information content (AvgIpc) is 2.39. The normalized spacial score (nSPS) is 14.9. The number of hydrogen-bond donors (Lipinski definition) is 2. The average molecular weight is 264 g/mol. The van der Waals surface area contributed by atoms with Crippen LogP contribution >= 0.6 is 0 Å². The van der Waals surface area contributed by atoms with Crippen LogP contribution in [0.3, 0.4) is 0 Å². The van der Waals surface area contributed by atoms with Gasteiger partial charge >= 0.3 is 6.03 Å². The largest absolute Gasteiger partial charge is 0.486 e. The first-order valence-electron chi connectivity index (χ1n) is 6.54. The predicted octanol–water partition coefficient (Wildman–Crippen LogP) is 2.62. The van der Waals surface area contributed by atoms with Gasteiger partial charge in [-0.15, -0.1) is 0 Å².